The van der Waals surface area contributed by atoms with Gasteiger partial charge < -0.3 is 17.2 Å². The van der Waals surface area contributed by atoms with Crippen molar-refractivity contribution < 1.29 is 18.0 Å². The van der Waals surface area contributed by atoms with E-state index in [2.05, 4.69) is 9.98 Å². The highest BCUT2D eigenvalue weighted by Crippen LogP contribution is 2.16. The zero-order valence-corrected chi connectivity index (χ0v) is 6.17. The molecule has 6 nitrogen and oxygen atoms in total. The molecule has 0 aliphatic heterocycles. The topological polar surface area (TPSA) is 120 Å². The molecule has 0 aromatic heterocycles. The minimum atomic E-state index is -5.08. The van der Waals surface area contributed by atoms with Gasteiger partial charge in [0.2, 0.25) is 5.96 Å². The molecule has 0 aromatic rings. The number of halogens is 3. The fourth-order valence-electron chi connectivity index (χ4n) is 0.325. The van der Waals surface area contributed by atoms with Crippen LogP contribution in [-0.2, 0) is 4.79 Å². The number of nitrogens with zero attached hydrogens (tertiary/aromatic N) is 2. The van der Waals surface area contributed by atoms with Crippen molar-refractivity contribution in [2.24, 2.45) is 27.2 Å². The number of aliphatic imine (C=N–C) groups is 2. The van der Waals surface area contributed by atoms with Crippen LogP contribution >= 0.6 is 0 Å². The van der Waals surface area contributed by atoms with Crippen LogP contribution in [0.2, 0.25) is 0 Å². The van der Waals surface area contributed by atoms with Gasteiger partial charge in [-0.25, -0.2) is 0 Å². The number of carbonyl (C=O) groups excluding carboxylic acids is 1. The molecule has 0 fully saturated rings. The Kier molecular flexibility index (Phi) is 3.22. The molecule has 0 atom stereocenters. The molecule has 13 heavy (non-hydrogen) atoms. The molecule has 0 aliphatic carbocycles. The van der Waals surface area contributed by atoms with E-state index in [9.17, 15) is 18.0 Å². The minimum absolute atomic E-state index is 0.587. The maximum atomic E-state index is 11.5. The van der Waals surface area contributed by atoms with Crippen LogP contribution in [0.1, 0.15) is 0 Å². The van der Waals surface area contributed by atoms with Crippen LogP contribution in [0, 0.1) is 0 Å². The van der Waals surface area contributed by atoms with Crippen molar-refractivity contribution in [2.75, 3.05) is 0 Å². The molecule has 0 aliphatic rings. The molecule has 0 spiro atoms. The molecule has 0 heterocycles. The zero-order chi connectivity index (χ0) is 10.6. The Morgan fingerprint density at radius 2 is 1.54 bits per heavy atom. The first-order valence-electron chi connectivity index (χ1n) is 2.78. The molecule has 0 rings (SSSR count). The Labute approximate surface area is 70.3 Å². The molecule has 9 heteroatoms. The summed E-state index contributed by atoms with van der Waals surface area (Å²) in [4.78, 5) is 15.4. The number of guanidine groups is 2. The highest BCUT2D eigenvalue weighted by Gasteiger charge is 2.38. The van der Waals surface area contributed by atoms with Crippen molar-refractivity contribution in [2.45, 2.75) is 6.18 Å². The summed E-state index contributed by atoms with van der Waals surface area (Å²) in [5, 5.41) is 0. The van der Waals surface area contributed by atoms with Gasteiger partial charge in [0.05, 0.1) is 0 Å². The van der Waals surface area contributed by atoms with Crippen molar-refractivity contribution in [3.8, 4) is 0 Å². The van der Waals surface area contributed by atoms with Gasteiger partial charge in [-0.3, -0.25) is 4.79 Å². The van der Waals surface area contributed by atoms with Crippen molar-refractivity contribution in [3.05, 3.63) is 0 Å². The Balaban J connectivity index is 4.60. The third kappa shape index (κ3) is 4.61. The lowest BCUT2D eigenvalue weighted by Gasteiger charge is -1.99. The number of alkyl halides is 3. The molecular formula is C4H6F3N5O. The van der Waals surface area contributed by atoms with E-state index in [1.54, 1.807) is 0 Å². The largest absolute Gasteiger partial charge is 0.473 e. The van der Waals surface area contributed by atoms with E-state index in [0.717, 1.165) is 0 Å². The van der Waals surface area contributed by atoms with Crippen molar-refractivity contribution in [3.63, 3.8) is 0 Å². The van der Waals surface area contributed by atoms with Crippen LogP contribution in [0.3, 0.4) is 0 Å². The second-order valence-electron chi connectivity index (χ2n) is 1.81. The van der Waals surface area contributed by atoms with Crippen molar-refractivity contribution in [1.29, 1.82) is 0 Å². The Bertz CT molecular complexity index is 263. The number of amides is 1. The molecule has 0 unspecified atom stereocenters. The Hall–Kier alpha value is -1.80. The normalized spacial score (nSPS) is 12.4. The first-order valence-corrected chi connectivity index (χ1v) is 2.78. The fourth-order valence-corrected chi connectivity index (χ4v) is 0.325. The van der Waals surface area contributed by atoms with Gasteiger partial charge in [0.15, 0.2) is 5.96 Å². The molecule has 6 N–H and O–H groups in total. The second kappa shape index (κ2) is 3.74. The highest BCUT2D eigenvalue weighted by molar-refractivity contribution is 5.99. The van der Waals surface area contributed by atoms with Gasteiger partial charge in [-0.05, 0) is 0 Å². The van der Waals surface area contributed by atoms with Crippen LogP contribution in [-0.4, -0.2) is 24.0 Å². The maximum Gasteiger partial charge on any atom is 0.473 e. The summed E-state index contributed by atoms with van der Waals surface area (Å²) in [6.07, 6.45) is -5.08. The van der Waals surface area contributed by atoms with Gasteiger partial charge in [0, 0.05) is 0 Å². The SMILES string of the molecule is NC(N)=NC(N)=NC(=O)C(F)(F)F. The van der Waals surface area contributed by atoms with Crippen molar-refractivity contribution in [1.82, 2.24) is 0 Å². The molecule has 1 amide bonds. The van der Waals surface area contributed by atoms with E-state index < -0.39 is 24.0 Å². The summed E-state index contributed by atoms with van der Waals surface area (Å²) in [5.74, 6) is -3.89. The summed E-state index contributed by atoms with van der Waals surface area (Å²) in [6.45, 7) is 0. The number of rotatable bonds is 0. The third-order valence-corrected chi connectivity index (χ3v) is 0.702. The molecule has 0 bridgehead atoms. The smallest absolute Gasteiger partial charge is 0.370 e. The van der Waals surface area contributed by atoms with Crippen LogP contribution in [0.25, 0.3) is 0 Å². The first kappa shape index (κ1) is 11.2. The van der Waals surface area contributed by atoms with Crippen LogP contribution in [0.5, 0.6) is 0 Å². The maximum absolute atomic E-state index is 11.5. The standard InChI is InChI=1S/C4H6F3N5O/c5-4(6,7)1(13)11-3(10)12-2(8)9/h(H6,8,9,10,11,12,13). The molecule has 0 radical (unpaired) electrons. The van der Waals surface area contributed by atoms with Gasteiger partial charge in [-0.2, -0.15) is 23.2 Å². The Morgan fingerprint density at radius 3 is 1.85 bits per heavy atom. The summed E-state index contributed by atoms with van der Waals surface area (Å²) in [7, 11) is 0. The monoisotopic (exact) mass is 197 g/mol. The lowest BCUT2D eigenvalue weighted by Crippen LogP contribution is -2.28. The number of hydrogen-bond donors (Lipinski definition) is 3. The minimum Gasteiger partial charge on any atom is -0.370 e. The molecular weight excluding hydrogens is 191 g/mol. The quantitative estimate of drug-likeness (QED) is 0.329. The Morgan fingerprint density at radius 1 is 1.08 bits per heavy atom. The van der Waals surface area contributed by atoms with E-state index in [-0.39, 0.29) is 0 Å². The van der Waals surface area contributed by atoms with Gasteiger partial charge in [0.1, 0.15) is 0 Å². The summed E-state index contributed by atoms with van der Waals surface area (Å²) >= 11 is 0. The van der Waals surface area contributed by atoms with E-state index in [1.165, 1.54) is 0 Å². The lowest BCUT2D eigenvalue weighted by molar-refractivity contribution is -0.169. The van der Waals surface area contributed by atoms with Crippen molar-refractivity contribution >= 4 is 17.8 Å². The predicted molar refractivity (Wildman–Crippen MR) is 38.5 cm³/mol. The van der Waals surface area contributed by atoms with E-state index >= 15 is 0 Å². The molecule has 0 saturated carbocycles. The van der Waals surface area contributed by atoms with E-state index in [0.29, 0.717) is 0 Å². The molecule has 74 valence electrons. The molecule has 0 aromatic carbocycles. The number of hydrogen-bond acceptors (Lipinski definition) is 1. The highest BCUT2D eigenvalue weighted by atomic mass is 19.4. The molecule has 0 saturated heterocycles. The van der Waals surface area contributed by atoms with E-state index in [1.807, 2.05) is 0 Å². The third-order valence-electron chi connectivity index (χ3n) is 0.702. The van der Waals surface area contributed by atoms with Gasteiger partial charge in [-0.15, -0.1) is 0 Å². The average molecular weight is 197 g/mol. The van der Waals surface area contributed by atoms with Gasteiger partial charge in [-0.1, -0.05) is 0 Å². The fraction of sp³-hybridized carbons (Fsp3) is 0.250. The van der Waals surface area contributed by atoms with Gasteiger partial charge >= 0.3 is 12.1 Å². The average Bonchev–Trinajstić information content (AvgIpc) is 1.82. The first-order chi connectivity index (χ1) is 5.73. The number of carbonyl (C=O) groups is 1. The summed E-state index contributed by atoms with van der Waals surface area (Å²) in [6, 6.07) is 0. The predicted octanol–water partition coefficient (Wildman–Crippen LogP) is -1.34. The van der Waals surface area contributed by atoms with E-state index in [4.69, 9.17) is 17.2 Å². The lowest BCUT2D eigenvalue weighted by atomic mass is 10.6. The van der Waals surface area contributed by atoms with Crippen LogP contribution in [0.15, 0.2) is 9.98 Å². The van der Waals surface area contributed by atoms with Crippen LogP contribution < -0.4 is 17.2 Å². The zero-order valence-electron chi connectivity index (χ0n) is 6.17. The summed E-state index contributed by atoms with van der Waals surface area (Å²) < 4.78 is 34.6. The van der Waals surface area contributed by atoms with Gasteiger partial charge in [0.25, 0.3) is 0 Å². The summed E-state index contributed by atoms with van der Waals surface area (Å²) in [5.41, 5.74) is 14.3. The number of nitrogens with two attached hydrogens (primary N) is 3. The van der Waals surface area contributed by atoms with Crippen LogP contribution in [0.4, 0.5) is 13.2 Å². The second-order valence-corrected chi connectivity index (χ2v) is 1.81.